The second-order valence-corrected chi connectivity index (χ2v) is 6.77. The van der Waals surface area contributed by atoms with Gasteiger partial charge in [-0.1, -0.05) is 18.9 Å². The number of sulfone groups is 1. The molecule has 0 radical (unpaired) electrons. The number of hydrogen-bond acceptors (Lipinski definition) is 4. The van der Waals surface area contributed by atoms with Crippen LogP contribution in [-0.4, -0.2) is 26.7 Å². The highest BCUT2D eigenvalue weighted by Gasteiger charge is 2.18. The maximum Gasteiger partial charge on any atom is 0.274 e. The number of benzene rings is 1. The first-order valence-corrected chi connectivity index (χ1v) is 8.12. The Labute approximate surface area is 112 Å². The average molecular weight is 283 g/mol. The number of hydroxylamine groups is 1. The third-order valence-electron chi connectivity index (χ3n) is 3.14. The Morgan fingerprint density at radius 1 is 1.32 bits per heavy atom. The highest BCUT2D eigenvalue weighted by molar-refractivity contribution is 7.90. The van der Waals surface area contributed by atoms with Crippen molar-refractivity contribution < 1.29 is 18.0 Å². The fraction of sp³-hybridized carbons (Fsp3) is 0.462. The van der Waals surface area contributed by atoms with Crippen LogP contribution in [-0.2, 0) is 14.7 Å². The van der Waals surface area contributed by atoms with E-state index >= 15 is 0 Å². The smallest absolute Gasteiger partial charge is 0.270 e. The maximum atomic E-state index is 11.8. The lowest BCUT2D eigenvalue weighted by atomic mass is 10.2. The monoisotopic (exact) mass is 283 g/mol. The average Bonchev–Trinajstić information content (AvgIpc) is 2.88. The summed E-state index contributed by atoms with van der Waals surface area (Å²) >= 11 is 0. The van der Waals surface area contributed by atoms with Gasteiger partial charge < -0.3 is 0 Å². The first-order valence-electron chi connectivity index (χ1n) is 6.23. The van der Waals surface area contributed by atoms with Gasteiger partial charge in [0.25, 0.3) is 5.91 Å². The Kier molecular flexibility index (Phi) is 4.21. The summed E-state index contributed by atoms with van der Waals surface area (Å²) < 4.78 is 22.8. The molecule has 0 saturated heterocycles. The van der Waals surface area contributed by atoms with Crippen molar-refractivity contribution >= 4 is 15.7 Å². The Hall–Kier alpha value is -1.40. The van der Waals surface area contributed by atoms with E-state index in [1.54, 1.807) is 12.1 Å². The lowest BCUT2D eigenvalue weighted by molar-refractivity contribution is -0.0125. The van der Waals surface area contributed by atoms with E-state index < -0.39 is 15.7 Å². The predicted molar refractivity (Wildman–Crippen MR) is 70.4 cm³/mol. The first-order chi connectivity index (χ1) is 8.97. The zero-order valence-electron chi connectivity index (χ0n) is 10.8. The maximum absolute atomic E-state index is 11.8. The molecular weight excluding hydrogens is 266 g/mol. The first kappa shape index (κ1) is 14.0. The molecule has 0 unspecified atom stereocenters. The molecule has 0 aromatic heterocycles. The fourth-order valence-corrected chi connectivity index (χ4v) is 2.74. The number of rotatable bonds is 4. The Morgan fingerprint density at radius 3 is 2.63 bits per heavy atom. The van der Waals surface area contributed by atoms with Gasteiger partial charge in [-0.2, -0.15) is 0 Å². The van der Waals surface area contributed by atoms with Crippen LogP contribution in [0.5, 0.6) is 0 Å². The van der Waals surface area contributed by atoms with E-state index in [-0.39, 0.29) is 16.6 Å². The molecule has 1 aliphatic carbocycles. The summed E-state index contributed by atoms with van der Waals surface area (Å²) in [5.74, 6) is -0.419. The molecule has 1 aromatic carbocycles. The minimum Gasteiger partial charge on any atom is -0.270 e. The Balaban J connectivity index is 2.02. The number of nitrogens with one attached hydrogen (secondary N) is 1. The summed E-state index contributed by atoms with van der Waals surface area (Å²) in [4.78, 5) is 17.3. The van der Waals surface area contributed by atoms with Gasteiger partial charge in [-0.25, -0.2) is 13.9 Å². The summed E-state index contributed by atoms with van der Waals surface area (Å²) in [6.45, 7) is 0. The van der Waals surface area contributed by atoms with Crippen LogP contribution in [0.3, 0.4) is 0 Å². The normalized spacial score (nSPS) is 16.5. The van der Waals surface area contributed by atoms with Crippen LogP contribution >= 0.6 is 0 Å². The molecule has 6 heteroatoms. The quantitative estimate of drug-likeness (QED) is 0.854. The van der Waals surface area contributed by atoms with Crippen LogP contribution in [0.4, 0.5) is 0 Å². The summed E-state index contributed by atoms with van der Waals surface area (Å²) in [6.07, 6.45) is 5.31. The molecule has 0 aliphatic heterocycles. The van der Waals surface area contributed by atoms with Crippen LogP contribution in [0, 0.1) is 0 Å². The molecule has 1 fully saturated rings. The topological polar surface area (TPSA) is 72.5 Å². The molecule has 1 aliphatic rings. The minimum atomic E-state index is -3.31. The molecule has 0 atom stereocenters. The molecular formula is C13H17NO4S. The van der Waals surface area contributed by atoms with E-state index in [1.165, 1.54) is 12.1 Å². The van der Waals surface area contributed by atoms with E-state index in [9.17, 15) is 13.2 Å². The molecule has 0 spiro atoms. The van der Waals surface area contributed by atoms with Crippen LogP contribution in [0.1, 0.15) is 36.0 Å². The molecule has 104 valence electrons. The van der Waals surface area contributed by atoms with Gasteiger partial charge in [-0.15, -0.1) is 0 Å². The van der Waals surface area contributed by atoms with E-state index in [2.05, 4.69) is 5.48 Å². The third kappa shape index (κ3) is 3.78. The van der Waals surface area contributed by atoms with E-state index in [4.69, 9.17) is 4.84 Å². The van der Waals surface area contributed by atoms with Gasteiger partial charge in [0, 0.05) is 11.8 Å². The van der Waals surface area contributed by atoms with Crippen molar-refractivity contribution in [3.8, 4) is 0 Å². The van der Waals surface area contributed by atoms with Gasteiger partial charge in [-0.3, -0.25) is 9.63 Å². The third-order valence-corrected chi connectivity index (χ3v) is 4.26. The standard InChI is InChI=1S/C13H17NO4S/c1-19(16,17)12-8-4-5-10(9-12)13(15)14-18-11-6-2-3-7-11/h4-5,8-9,11H,2-3,6-7H2,1H3,(H,14,15). The molecule has 1 saturated carbocycles. The predicted octanol–water partition coefficient (Wildman–Crippen LogP) is 1.69. The fourth-order valence-electron chi connectivity index (χ4n) is 2.07. The summed E-state index contributed by atoms with van der Waals surface area (Å²) in [7, 11) is -3.31. The van der Waals surface area contributed by atoms with Gasteiger partial charge in [-0.05, 0) is 31.0 Å². The SMILES string of the molecule is CS(=O)(=O)c1cccc(C(=O)NOC2CCCC2)c1. The molecule has 1 N–H and O–H groups in total. The van der Waals surface area contributed by atoms with E-state index in [0.717, 1.165) is 31.9 Å². The number of hydrogen-bond donors (Lipinski definition) is 1. The van der Waals surface area contributed by atoms with Crippen LogP contribution in [0.15, 0.2) is 29.2 Å². The highest BCUT2D eigenvalue weighted by Crippen LogP contribution is 2.20. The van der Waals surface area contributed by atoms with Crippen molar-refractivity contribution in [2.24, 2.45) is 0 Å². The highest BCUT2D eigenvalue weighted by atomic mass is 32.2. The number of carbonyl (C=O) groups excluding carboxylic acids is 1. The molecule has 0 heterocycles. The minimum absolute atomic E-state index is 0.0713. The van der Waals surface area contributed by atoms with Crippen molar-refractivity contribution in [2.45, 2.75) is 36.7 Å². The summed E-state index contributed by atoms with van der Waals surface area (Å²) in [6, 6.07) is 5.91. The van der Waals surface area contributed by atoms with Crippen LogP contribution in [0.2, 0.25) is 0 Å². The van der Waals surface area contributed by atoms with Gasteiger partial charge in [0.05, 0.1) is 11.0 Å². The van der Waals surface area contributed by atoms with Crippen molar-refractivity contribution in [3.05, 3.63) is 29.8 Å². The van der Waals surface area contributed by atoms with Gasteiger partial charge >= 0.3 is 0 Å². The Bertz CT molecular complexity index is 562. The lowest BCUT2D eigenvalue weighted by Gasteiger charge is -2.11. The summed E-state index contributed by atoms with van der Waals surface area (Å²) in [5, 5.41) is 0. The van der Waals surface area contributed by atoms with Crippen molar-refractivity contribution in [3.63, 3.8) is 0 Å². The zero-order chi connectivity index (χ0) is 13.9. The molecule has 19 heavy (non-hydrogen) atoms. The van der Waals surface area contributed by atoms with E-state index in [0.29, 0.717) is 0 Å². The molecule has 1 aromatic rings. The van der Waals surface area contributed by atoms with Gasteiger partial charge in [0.15, 0.2) is 9.84 Å². The van der Waals surface area contributed by atoms with Gasteiger partial charge in [0.2, 0.25) is 0 Å². The van der Waals surface area contributed by atoms with Crippen LogP contribution in [0.25, 0.3) is 0 Å². The van der Waals surface area contributed by atoms with Crippen LogP contribution < -0.4 is 5.48 Å². The second-order valence-electron chi connectivity index (χ2n) is 4.76. The second kappa shape index (κ2) is 5.71. The Morgan fingerprint density at radius 2 is 2.00 bits per heavy atom. The van der Waals surface area contributed by atoms with Gasteiger partial charge in [0.1, 0.15) is 0 Å². The van der Waals surface area contributed by atoms with Crippen molar-refractivity contribution in [2.75, 3.05) is 6.26 Å². The largest absolute Gasteiger partial charge is 0.274 e. The zero-order valence-corrected chi connectivity index (χ0v) is 11.6. The molecule has 1 amide bonds. The molecule has 0 bridgehead atoms. The van der Waals surface area contributed by atoms with E-state index in [1.807, 2.05) is 0 Å². The number of carbonyl (C=O) groups is 1. The lowest BCUT2D eigenvalue weighted by Crippen LogP contribution is -2.28. The van der Waals surface area contributed by atoms with Crippen molar-refractivity contribution in [1.29, 1.82) is 0 Å². The molecule has 5 nitrogen and oxygen atoms in total. The van der Waals surface area contributed by atoms with Crippen molar-refractivity contribution in [1.82, 2.24) is 5.48 Å². The summed E-state index contributed by atoms with van der Waals surface area (Å²) in [5.41, 5.74) is 2.66. The molecule has 2 rings (SSSR count). The number of amides is 1.